The molecule has 0 spiro atoms. The first-order valence-corrected chi connectivity index (χ1v) is 6.83. The molecule has 2 rings (SSSR count). The SMILES string of the molecule is CCC1CN(Cc2cc(F)ccc2C)CCC1N. The Kier molecular flexibility index (Phi) is 4.36. The monoisotopic (exact) mass is 250 g/mol. The summed E-state index contributed by atoms with van der Waals surface area (Å²) in [5.41, 5.74) is 8.38. The standard InChI is InChI=1S/C15H23FN2/c1-3-12-9-18(7-6-15(12)17)10-13-8-14(16)5-4-11(13)2/h4-5,8,12,15H,3,6-7,9-10,17H2,1-2H3. The van der Waals surface area contributed by atoms with Crippen LogP contribution in [0.15, 0.2) is 18.2 Å². The van der Waals surface area contributed by atoms with Crippen LogP contribution in [0.4, 0.5) is 4.39 Å². The Labute approximate surface area is 109 Å². The van der Waals surface area contributed by atoms with Crippen LogP contribution in [-0.2, 0) is 6.54 Å². The van der Waals surface area contributed by atoms with Crippen molar-refractivity contribution >= 4 is 0 Å². The van der Waals surface area contributed by atoms with E-state index in [1.165, 1.54) is 11.6 Å². The van der Waals surface area contributed by atoms with Gasteiger partial charge in [0.2, 0.25) is 0 Å². The first kappa shape index (κ1) is 13.5. The highest BCUT2D eigenvalue weighted by Gasteiger charge is 2.25. The van der Waals surface area contributed by atoms with Gasteiger partial charge >= 0.3 is 0 Å². The van der Waals surface area contributed by atoms with Gasteiger partial charge in [-0.05, 0) is 49.1 Å². The van der Waals surface area contributed by atoms with E-state index in [0.717, 1.165) is 38.0 Å². The number of benzene rings is 1. The molecule has 1 aliphatic heterocycles. The Hall–Kier alpha value is -0.930. The number of likely N-dealkylation sites (tertiary alicyclic amines) is 1. The molecule has 1 heterocycles. The summed E-state index contributed by atoms with van der Waals surface area (Å²) in [6.45, 7) is 7.14. The molecule has 0 aromatic heterocycles. The largest absolute Gasteiger partial charge is 0.327 e. The Bertz CT molecular complexity index is 405. The first-order valence-electron chi connectivity index (χ1n) is 6.83. The van der Waals surface area contributed by atoms with Gasteiger partial charge in [-0.25, -0.2) is 4.39 Å². The van der Waals surface area contributed by atoms with Gasteiger partial charge < -0.3 is 5.73 Å². The summed E-state index contributed by atoms with van der Waals surface area (Å²) in [6.07, 6.45) is 2.17. The van der Waals surface area contributed by atoms with Crippen molar-refractivity contribution < 1.29 is 4.39 Å². The van der Waals surface area contributed by atoms with E-state index < -0.39 is 0 Å². The van der Waals surface area contributed by atoms with E-state index >= 15 is 0 Å². The number of hydrogen-bond donors (Lipinski definition) is 1. The highest BCUT2D eigenvalue weighted by atomic mass is 19.1. The summed E-state index contributed by atoms with van der Waals surface area (Å²) < 4.78 is 13.3. The van der Waals surface area contributed by atoms with Crippen LogP contribution in [0.1, 0.15) is 30.9 Å². The van der Waals surface area contributed by atoms with Crippen LogP contribution in [0.5, 0.6) is 0 Å². The van der Waals surface area contributed by atoms with E-state index in [2.05, 4.69) is 11.8 Å². The fourth-order valence-electron chi connectivity index (χ4n) is 2.75. The number of piperidine rings is 1. The van der Waals surface area contributed by atoms with Crippen LogP contribution in [0.3, 0.4) is 0 Å². The lowest BCUT2D eigenvalue weighted by Crippen LogP contribution is -2.46. The van der Waals surface area contributed by atoms with Gasteiger partial charge in [-0.1, -0.05) is 19.4 Å². The Balaban J connectivity index is 2.03. The van der Waals surface area contributed by atoms with Gasteiger partial charge in [-0.3, -0.25) is 4.90 Å². The average molecular weight is 250 g/mol. The number of halogens is 1. The maximum absolute atomic E-state index is 13.3. The molecule has 2 atom stereocenters. The maximum Gasteiger partial charge on any atom is 0.123 e. The molecule has 0 saturated carbocycles. The van der Waals surface area contributed by atoms with Crippen molar-refractivity contribution in [2.24, 2.45) is 11.7 Å². The molecule has 18 heavy (non-hydrogen) atoms. The molecule has 0 amide bonds. The Morgan fingerprint density at radius 1 is 1.44 bits per heavy atom. The molecule has 2 unspecified atom stereocenters. The molecule has 100 valence electrons. The van der Waals surface area contributed by atoms with Crippen molar-refractivity contribution in [2.45, 2.75) is 39.3 Å². The van der Waals surface area contributed by atoms with Crippen molar-refractivity contribution in [1.82, 2.24) is 4.90 Å². The third kappa shape index (κ3) is 3.09. The zero-order chi connectivity index (χ0) is 13.1. The van der Waals surface area contributed by atoms with Crippen LogP contribution in [0, 0.1) is 18.7 Å². The lowest BCUT2D eigenvalue weighted by molar-refractivity contribution is 0.145. The summed E-state index contributed by atoms with van der Waals surface area (Å²) in [5.74, 6) is 0.434. The predicted octanol–water partition coefficient (Wildman–Crippen LogP) is 2.69. The van der Waals surface area contributed by atoms with Gasteiger partial charge in [0, 0.05) is 19.1 Å². The smallest absolute Gasteiger partial charge is 0.123 e. The Morgan fingerprint density at radius 3 is 2.94 bits per heavy atom. The van der Waals surface area contributed by atoms with Crippen LogP contribution >= 0.6 is 0 Å². The van der Waals surface area contributed by atoms with E-state index in [4.69, 9.17) is 5.73 Å². The highest BCUT2D eigenvalue weighted by molar-refractivity contribution is 5.26. The third-order valence-corrected chi connectivity index (χ3v) is 4.11. The van der Waals surface area contributed by atoms with Crippen LogP contribution < -0.4 is 5.73 Å². The van der Waals surface area contributed by atoms with Gasteiger partial charge in [-0.2, -0.15) is 0 Å². The molecule has 1 aliphatic rings. The molecule has 2 nitrogen and oxygen atoms in total. The summed E-state index contributed by atoms with van der Waals surface area (Å²) in [6, 6.07) is 5.38. The van der Waals surface area contributed by atoms with Crippen molar-refractivity contribution in [1.29, 1.82) is 0 Å². The number of hydrogen-bond acceptors (Lipinski definition) is 2. The van der Waals surface area contributed by atoms with Crippen LogP contribution in [0.2, 0.25) is 0 Å². The average Bonchev–Trinajstić information content (AvgIpc) is 2.36. The quantitative estimate of drug-likeness (QED) is 0.893. The van der Waals surface area contributed by atoms with Gasteiger partial charge in [0.25, 0.3) is 0 Å². The van der Waals surface area contributed by atoms with Gasteiger partial charge in [0.05, 0.1) is 0 Å². The molecule has 1 aromatic carbocycles. The second-order valence-electron chi connectivity index (χ2n) is 5.43. The van der Waals surface area contributed by atoms with E-state index in [1.54, 1.807) is 6.07 Å². The highest BCUT2D eigenvalue weighted by Crippen LogP contribution is 2.21. The van der Waals surface area contributed by atoms with E-state index in [1.807, 2.05) is 13.0 Å². The number of aryl methyl sites for hydroxylation is 1. The fourth-order valence-corrected chi connectivity index (χ4v) is 2.75. The second-order valence-corrected chi connectivity index (χ2v) is 5.43. The second kappa shape index (κ2) is 5.81. The van der Waals surface area contributed by atoms with Gasteiger partial charge in [0.15, 0.2) is 0 Å². The molecule has 1 aromatic rings. The lowest BCUT2D eigenvalue weighted by Gasteiger charge is -2.36. The molecule has 3 heteroatoms. The molecule has 0 bridgehead atoms. The Morgan fingerprint density at radius 2 is 2.22 bits per heavy atom. The zero-order valence-corrected chi connectivity index (χ0v) is 11.3. The van der Waals surface area contributed by atoms with Crippen molar-refractivity contribution in [3.63, 3.8) is 0 Å². The van der Waals surface area contributed by atoms with Crippen LogP contribution in [0.25, 0.3) is 0 Å². The van der Waals surface area contributed by atoms with Crippen molar-refractivity contribution in [3.8, 4) is 0 Å². The summed E-state index contributed by atoms with van der Waals surface area (Å²) in [7, 11) is 0. The molecule has 0 radical (unpaired) electrons. The normalized spacial score (nSPS) is 25.3. The predicted molar refractivity (Wildman–Crippen MR) is 72.8 cm³/mol. The summed E-state index contributed by atoms with van der Waals surface area (Å²) in [5, 5.41) is 0. The summed E-state index contributed by atoms with van der Waals surface area (Å²) >= 11 is 0. The molecular weight excluding hydrogens is 227 g/mol. The van der Waals surface area contributed by atoms with Crippen LogP contribution in [-0.4, -0.2) is 24.0 Å². The van der Waals surface area contributed by atoms with E-state index in [9.17, 15) is 4.39 Å². The topological polar surface area (TPSA) is 29.3 Å². The number of nitrogens with zero attached hydrogens (tertiary/aromatic N) is 1. The summed E-state index contributed by atoms with van der Waals surface area (Å²) in [4.78, 5) is 2.40. The minimum Gasteiger partial charge on any atom is -0.327 e. The minimum atomic E-state index is -0.142. The van der Waals surface area contributed by atoms with E-state index in [-0.39, 0.29) is 5.82 Å². The van der Waals surface area contributed by atoms with Gasteiger partial charge in [-0.15, -0.1) is 0 Å². The van der Waals surface area contributed by atoms with Gasteiger partial charge in [0.1, 0.15) is 5.82 Å². The van der Waals surface area contributed by atoms with E-state index in [0.29, 0.717) is 12.0 Å². The fraction of sp³-hybridized carbons (Fsp3) is 0.600. The molecule has 0 aliphatic carbocycles. The molecule has 2 N–H and O–H groups in total. The first-order chi connectivity index (χ1) is 8.60. The molecular formula is C15H23FN2. The molecule has 1 saturated heterocycles. The number of rotatable bonds is 3. The zero-order valence-electron chi connectivity index (χ0n) is 11.3. The maximum atomic E-state index is 13.3. The lowest BCUT2D eigenvalue weighted by atomic mass is 9.90. The minimum absolute atomic E-state index is 0.142. The van der Waals surface area contributed by atoms with Crippen molar-refractivity contribution in [2.75, 3.05) is 13.1 Å². The van der Waals surface area contributed by atoms with Crippen molar-refractivity contribution in [3.05, 3.63) is 35.1 Å². The third-order valence-electron chi connectivity index (χ3n) is 4.11. The number of nitrogens with two attached hydrogens (primary N) is 1. The molecule has 1 fully saturated rings.